The molecule has 1 aliphatic carbocycles. The van der Waals surface area contributed by atoms with Crippen LogP contribution in [0.3, 0.4) is 0 Å². The summed E-state index contributed by atoms with van der Waals surface area (Å²) in [4.78, 5) is 15.4. The highest BCUT2D eigenvalue weighted by molar-refractivity contribution is 6.02. The topological polar surface area (TPSA) is 48.0 Å². The summed E-state index contributed by atoms with van der Waals surface area (Å²) in [7, 11) is 4.99. The van der Waals surface area contributed by atoms with Gasteiger partial charge in [-0.1, -0.05) is 18.6 Å². The smallest absolute Gasteiger partial charge is 0.166 e. The number of Topliss-reactive ketones (excluding diaryl/α,β-unsaturated/α-hetero) is 1. The molecule has 0 saturated carbocycles. The number of hydrogen-bond donors (Lipinski definition) is 0. The third kappa shape index (κ3) is 4.04. The Bertz CT molecular complexity index is 924. The fourth-order valence-electron chi connectivity index (χ4n) is 4.87. The van der Waals surface area contributed by atoms with Crippen LogP contribution in [0.5, 0.6) is 17.2 Å². The van der Waals surface area contributed by atoms with E-state index in [2.05, 4.69) is 23.1 Å². The van der Waals surface area contributed by atoms with Crippen molar-refractivity contribution in [2.75, 3.05) is 34.4 Å². The Morgan fingerprint density at radius 2 is 1.73 bits per heavy atom. The minimum Gasteiger partial charge on any atom is -0.496 e. The molecule has 30 heavy (non-hydrogen) atoms. The monoisotopic (exact) mass is 409 g/mol. The number of methoxy groups -OCH3 is 3. The Morgan fingerprint density at radius 3 is 2.50 bits per heavy atom. The molecule has 2 aliphatic rings. The van der Waals surface area contributed by atoms with Gasteiger partial charge in [-0.15, -0.1) is 0 Å². The molecule has 1 heterocycles. The van der Waals surface area contributed by atoms with Gasteiger partial charge in [-0.25, -0.2) is 0 Å². The number of ether oxygens (including phenoxy) is 3. The average Bonchev–Trinajstić information content (AvgIpc) is 3.09. The predicted octanol–water partition coefficient (Wildman–Crippen LogP) is 4.30. The quantitative estimate of drug-likeness (QED) is 0.609. The molecule has 160 valence electrons. The Balaban J connectivity index is 1.28. The lowest BCUT2D eigenvalue weighted by Gasteiger charge is -2.29. The molecule has 5 nitrogen and oxygen atoms in total. The van der Waals surface area contributed by atoms with E-state index < -0.39 is 0 Å². The van der Waals surface area contributed by atoms with Crippen molar-refractivity contribution in [2.24, 2.45) is 5.92 Å². The van der Waals surface area contributed by atoms with Gasteiger partial charge in [0, 0.05) is 24.6 Å². The molecule has 0 aromatic heterocycles. The van der Waals surface area contributed by atoms with E-state index >= 15 is 0 Å². The Morgan fingerprint density at radius 1 is 0.967 bits per heavy atom. The van der Waals surface area contributed by atoms with Crippen molar-refractivity contribution in [3.63, 3.8) is 0 Å². The van der Waals surface area contributed by atoms with Gasteiger partial charge in [0.25, 0.3) is 0 Å². The predicted molar refractivity (Wildman–Crippen MR) is 117 cm³/mol. The van der Waals surface area contributed by atoms with Crippen molar-refractivity contribution in [3.05, 3.63) is 52.6 Å². The lowest BCUT2D eigenvalue weighted by molar-refractivity contribution is 0.0928. The number of rotatable bonds is 8. The van der Waals surface area contributed by atoms with E-state index in [1.54, 1.807) is 21.3 Å². The van der Waals surface area contributed by atoms with Crippen LogP contribution in [0.1, 0.15) is 46.3 Å². The highest BCUT2D eigenvalue weighted by Gasteiger charge is 2.31. The third-order valence-corrected chi connectivity index (χ3v) is 6.51. The van der Waals surface area contributed by atoms with Gasteiger partial charge in [-0.3, -0.25) is 9.69 Å². The molecule has 1 atom stereocenters. The van der Waals surface area contributed by atoms with Crippen LogP contribution in [0.2, 0.25) is 0 Å². The Hall–Kier alpha value is -2.53. The number of benzene rings is 2. The number of ketones is 1. The van der Waals surface area contributed by atoms with Crippen molar-refractivity contribution >= 4 is 5.78 Å². The van der Waals surface area contributed by atoms with Gasteiger partial charge in [0.2, 0.25) is 0 Å². The van der Waals surface area contributed by atoms with Crippen LogP contribution in [0, 0.1) is 5.92 Å². The van der Waals surface area contributed by atoms with E-state index in [-0.39, 0.29) is 11.7 Å². The van der Waals surface area contributed by atoms with Crippen LogP contribution in [-0.2, 0) is 19.4 Å². The first-order valence-electron chi connectivity index (χ1n) is 10.8. The normalized spacial score (nSPS) is 18.1. The molecule has 1 aliphatic heterocycles. The number of carbonyl (C=O) groups is 1. The van der Waals surface area contributed by atoms with Crippen molar-refractivity contribution < 1.29 is 19.0 Å². The van der Waals surface area contributed by atoms with Gasteiger partial charge in [-0.05, 0) is 67.1 Å². The molecule has 0 N–H and O–H groups in total. The lowest BCUT2D eigenvalue weighted by Crippen LogP contribution is -2.31. The summed E-state index contributed by atoms with van der Waals surface area (Å²) in [6.45, 7) is 3.13. The summed E-state index contributed by atoms with van der Waals surface area (Å²) < 4.78 is 16.3. The Labute approximate surface area is 178 Å². The first-order chi connectivity index (χ1) is 14.6. The summed E-state index contributed by atoms with van der Waals surface area (Å²) in [5.41, 5.74) is 4.63. The van der Waals surface area contributed by atoms with E-state index in [0.717, 1.165) is 68.6 Å². The molecule has 0 fully saturated rings. The van der Waals surface area contributed by atoms with Crippen LogP contribution in [-0.4, -0.2) is 45.1 Å². The van der Waals surface area contributed by atoms with Gasteiger partial charge in [-0.2, -0.15) is 0 Å². The molecule has 0 radical (unpaired) electrons. The fourth-order valence-corrected chi connectivity index (χ4v) is 4.87. The van der Waals surface area contributed by atoms with Crippen LogP contribution >= 0.6 is 0 Å². The number of fused-ring (bicyclic) bond motifs is 2. The highest BCUT2D eigenvalue weighted by atomic mass is 16.5. The van der Waals surface area contributed by atoms with Gasteiger partial charge in [0.05, 0.1) is 21.3 Å². The zero-order valence-electron chi connectivity index (χ0n) is 18.2. The molecular formula is C25H31NO4. The highest BCUT2D eigenvalue weighted by Crippen LogP contribution is 2.38. The zero-order valence-corrected chi connectivity index (χ0v) is 18.2. The molecule has 0 amide bonds. The maximum absolute atomic E-state index is 12.8. The van der Waals surface area contributed by atoms with Crippen molar-refractivity contribution in [1.29, 1.82) is 0 Å². The molecule has 4 rings (SSSR count). The fraction of sp³-hybridized carbons (Fsp3) is 0.480. The van der Waals surface area contributed by atoms with Gasteiger partial charge < -0.3 is 14.2 Å². The first-order valence-corrected chi connectivity index (χ1v) is 10.8. The zero-order chi connectivity index (χ0) is 21.1. The molecule has 0 bridgehead atoms. The SMILES string of the molecule is COc1cc2c(cc1OC)C(=O)C(CCCCN1CCc3c(cccc3OC)C1)C2. The summed E-state index contributed by atoms with van der Waals surface area (Å²) in [5, 5.41) is 0. The largest absolute Gasteiger partial charge is 0.496 e. The maximum Gasteiger partial charge on any atom is 0.166 e. The van der Waals surface area contributed by atoms with Crippen LogP contribution in [0.15, 0.2) is 30.3 Å². The van der Waals surface area contributed by atoms with Gasteiger partial charge in [0.15, 0.2) is 17.3 Å². The van der Waals surface area contributed by atoms with E-state index in [0.29, 0.717) is 11.5 Å². The van der Waals surface area contributed by atoms with E-state index in [1.165, 1.54) is 11.1 Å². The van der Waals surface area contributed by atoms with Crippen LogP contribution in [0.25, 0.3) is 0 Å². The summed E-state index contributed by atoms with van der Waals surface area (Å²) in [6.07, 6.45) is 4.98. The van der Waals surface area contributed by atoms with E-state index in [1.807, 2.05) is 12.1 Å². The lowest BCUT2D eigenvalue weighted by atomic mass is 9.96. The van der Waals surface area contributed by atoms with Gasteiger partial charge >= 0.3 is 0 Å². The van der Waals surface area contributed by atoms with Crippen LogP contribution in [0.4, 0.5) is 0 Å². The minimum absolute atomic E-state index is 0.0863. The summed E-state index contributed by atoms with van der Waals surface area (Å²) in [6, 6.07) is 10.1. The number of hydrogen-bond acceptors (Lipinski definition) is 5. The standard InChI is InChI=1S/C25H31NO4/c1-28-22-9-6-8-18-16-26(12-10-20(18)22)11-5-4-7-17-13-19-14-23(29-2)24(30-3)15-21(19)25(17)27/h6,8-9,14-15,17H,4-5,7,10-13,16H2,1-3H3. The van der Waals surface area contributed by atoms with Crippen molar-refractivity contribution in [1.82, 2.24) is 4.90 Å². The van der Waals surface area contributed by atoms with Crippen molar-refractivity contribution in [2.45, 2.75) is 38.6 Å². The maximum atomic E-state index is 12.8. The second-order valence-corrected chi connectivity index (χ2v) is 8.25. The Kier molecular flexibility index (Phi) is 6.28. The average molecular weight is 410 g/mol. The van der Waals surface area contributed by atoms with E-state index in [9.17, 15) is 4.79 Å². The second-order valence-electron chi connectivity index (χ2n) is 8.25. The summed E-state index contributed by atoms with van der Waals surface area (Å²) in [5.74, 6) is 2.69. The minimum atomic E-state index is 0.0863. The molecular weight excluding hydrogens is 378 g/mol. The summed E-state index contributed by atoms with van der Waals surface area (Å²) >= 11 is 0. The molecule has 5 heteroatoms. The van der Waals surface area contributed by atoms with E-state index in [4.69, 9.17) is 14.2 Å². The first kappa shape index (κ1) is 20.7. The van der Waals surface area contributed by atoms with Gasteiger partial charge in [0.1, 0.15) is 5.75 Å². The molecule has 1 unspecified atom stereocenters. The third-order valence-electron chi connectivity index (χ3n) is 6.51. The number of nitrogens with zero attached hydrogens (tertiary/aromatic N) is 1. The molecule has 0 saturated heterocycles. The number of carbonyl (C=O) groups excluding carboxylic acids is 1. The van der Waals surface area contributed by atoms with Crippen molar-refractivity contribution in [3.8, 4) is 17.2 Å². The second kappa shape index (κ2) is 9.09. The molecule has 2 aromatic carbocycles. The van der Waals surface area contributed by atoms with Crippen LogP contribution < -0.4 is 14.2 Å². The molecule has 0 spiro atoms. The number of unbranched alkanes of at least 4 members (excludes halogenated alkanes) is 1. The molecule has 2 aromatic rings.